The molecule has 1 aliphatic rings. The van der Waals surface area contributed by atoms with Crippen molar-refractivity contribution in [3.8, 4) is 22.9 Å². The highest BCUT2D eigenvalue weighted by atomic mass is 32.2. The van der Waals surface area contributed by atoms with E-state index in [0.29, 0.717) is 27.9 Å². The van der Waals surface area contributed by atoms with E-state index in [9.17, 15) is 12.8 Å². The van der Waals surface area contributed by atoms with E-state index in [1.807, 2.05) is 0 Å². The van der Waals surface area contributed by atoms with Crippen LogP contribution in [0.15, 0.2) is 73.2 Å². The predicted octanol–water partition coefficient (Wildman–Crippen LogP) is 5.90. The van der Waals surface area contributed by atoms with Gasteiger partial charge in [0.2, 0.25) is 0 Å². The van der Waals surface area contributed by atoms with E-state index in [-0.39, 0.29) is 59.3 Å². The summed E-state index contributed by atoms with van der Waals surface area (Å²) in [7, 11) is -3.60. The van der Waals surface area contributed by atoms with Crippen LogP contribution in [0.1, 0.15) is 34.9 Å². The Morgan fingerprint density at radius 2 is 1.84 bits per heavy atom. The van der Waals surface area contributed by atoms with Gasteiger partial charge in [0.05, 0.1) is 29.3 Å². The first kappa shape index (κ1) is 27.9. The van der Waals surface area contributed by atoms with Crippen molar-refractivity contribution in [2.75, 3.05) is 11.5 Å². The zero-order valence-electron chi connectivity index (χ0n) is 23.1. The van der Waals surface area contributed by atoms with Crippen LogP contribution in [0.3, 0.4) is 0 Å². The molecule has 13 heteroatoms. The van der Waals surface area contributed by atoms with Gasteiger partial charge in [0.25, 0.3) is 0 Å². The fraction of sp³-hybridized carbons (Fsp3) is 0.194. The number of hydrogen-bond donors (Lipinski definition) is 2. The number of aromatic amines is 2. The molecule has 7 rings (SSSR count). The number of aromatic nitrogens is 6. The molecule has 4 heterocycles. The third kappa shape index (κ3) is 5.34. The molecule has 1 aliphatic heterocycles. The van der Waals surface area contributed by atoms with Gasteiger partial charge >= 0.3 is 0 Å². The molecule has 2 N–H and O–H groups in total. The normalized spacial score (nSPS) is 16.8. The van der Waals surface area contributed by atoms with E-state index in [0.717, 1.165) is 0 Å². The van der Waals surface area contributed by atoms with Crippen molar-refractivity contribution >= 4 is 20.7 Å². The van der Waals surface area contributed by atoms with Crippen LogP contribution in [0.2, 0.25) is 0 Å². The summed E-state index contributed by atoms with van der Waals surface area (Å²) in [5.41, 5.74) is 2.19. The van der Waals surface area contributed by atoms with Crippen LogP contribution in [0.4, 0.5) is 13.2 Å². The maximum absolute atomic E-state index is 15.5. The maximum Gasteiger partial charge on any atom is 0.168 e. The molecule has 6 bridgehead atoms. The highest BCUT2D eigenvalue weighted by molar-refractivity contribution is 7.91. The summed E-state index contributed by atoms with van der Waals surface area (Å²) in [5.74, 6) is -2.70. The van der Waals surface area contributed by atoms with Gasteiger partial charge in [-0.25, -0.2) is 31.3 Å². The largest absolute Gasteiger partial charge is 0.454 e. The van der Waals surface area contributed by atoms with Crippen LogP contribution in [-0.2, 0) is 22.8 Å². The predicted molar refractivity (Wildman–Crippen MR) is 157 cm³/mol. The molecule has 3 aromatic carbocycles. The zero-order valence-corrected chi connectivity index (χ0v) is 23.9. The topological polar surface area (TPSA) is 119 Å². The van der Waals surface area contributed by atoms with Crippen LogP contribution < -0.4 is 4.74 Å². The molecule has 0 saturated heterocycles. The Balaban J connectivity index is 1.37. The molecule has 0 saturated carbocycles. The molecule has 44 heavy (non-hydrogen) atoms. The second kappa shape index (κ2) is 11.0. The lowest BCUT2D eigenvalue weighted by Crippen LogP contribution is -2.17. The summed E-state index contributed by atoms with van der Waals surface area (Å²) < 4.78 is 79.5. The summed E-state index contributed by atoms with van der Waals surface area (Å²) in [4.78, 5) is 10.4. The minimum atomic E-state index is -3.60. The first-order valence-electron chi connectivity index (χ1n) is 13.9. The highest BCUT2D eigenvalue weighted by Crippen LogP contribution is 2.37. The van der Waals surface area contributed by atoms with Crippen molar-refractivity contribution in [3.63, 3.8) is 0 Å². The van der Waals surface area contributed by atoms with Gasteiger partial charge in [-0.15, -0.1) is 5.10 Å². The van der Waals surface area contributed by atoms with Crippen LogP contribution in [-0.4, -0.2) is 49.9 Å². The van der Waals surface area contributed by atoms with E-state index in [1.165, 1.54) is 41.2 Å². The first-order valence-corrected chi connectivity index (χ1v) is 15.7. The maximum atomic E-state index is 15.5. The van der Waals surface area contributed by atoms with E-state index in [1.54, 1.807) is 36.7 Å². The van der Waals surface area contributed by atoms with Crippen LogP contribution in [0.5, 0.6) is 11.5 Å². The zero-order chi connectivity index (χ0) is 30.4. The third-order valence-corrected chi connectivity index (χ3v) is 9.51. The third-order valence-electron chi connectivity index (χ3n) is 7.82. The van der Waals surface area contributed by atoms with Crippen molar-refractivity contribution < 1.29 is 26.3 Å². The smallest absolute Gasteiger partial charge is 0.168 e. The number of halogens is 3. The molecule has 0 amide bonds. The van der Waals surface area contributed by atoms with E-state index in [4.69, 9.17) is 4.74 Å². The van der Waals surface area contributed by atoms with Gasteiger partial charge in [0.1, 0.15) is 23.2 Å². The van der Waals surface area contributed by atoms with Crippen molar-refractivity contribution in [1.29, 1.82) is 0 Å². The number of benzene rings is 3. The SMILES string of the molecule is O=S1(=O)CCc2cn(nn2)Cc2c(c(F)cc3[nH]ccc23)Oc2ccc(F)c(c2)-c2ncc([nH]2)C(c2ccccc2F)CC1. The lowest BCUT2D eigenvalue weighted by molar-refractivity contribution is 0.433. The average Bonchev–Trinajstić information content (AvgIpc) is 3.77. The van der Waals surface area contributed by atoms with Crippen LogP contribution >= 0.6 is 0 Å². The number of sulfone groups is 1. The Kier molecular flexibility index (Phi) is 6.96. The second-order valence-electron chi connectivity index (χ2n) is 10.7. The van der Waals surface area contributed by atoms with Crippen LogP contribution in [0, 0.1) is 17.5 Å². The fourth-order valence-electron chi connectivity index (χ4n) is 5.60. The molecule has 224 valence electrons. The highest BCUT2D eigenvalue weighted by Gasteiger charge is 2.25. The monoisotopic (exact) mass is 618 g/mol. The van der Waals surface area contributed by atoms with Crippen molar-refractivity contribution in [1.82, 2.24) is 29.9 Å². The van der Waals surface area contributed by atoms with Gasteiger partial charge in [-0.05, 0) is 42.3 Å². The molecule has 1 unspecified atom stereocenters. The Morgan fingerprint density at radius 3 is 2.70 bits per heavy atom. The van der Waals surface area contributed by atoms with Crippen molar-refractivity contribution in [2.45, 2.75) is 25.3 Å². The number of H-pyrrole nitrogens is 2. The van der Waals surface area contributed by atoms with Gasteiger partial charge in [-0.2, -0.15) is 0 Å². The van der Waals surface area contributed by atoms with Crippen LogP contribution in [0.25, 0.3) is 22.3 Å². The molecule has 0 radical (unpaired) electrons. The number of aryl methyl sites for hydroxylation is 1. The number of hydrogen-bond acceptors (Lipinski definition) is 6. The van der Waals surface area contributed by atoms with Gasteiger partial charge in [-0.1, -0.05) is 23.4 Å². The lowest BCUT2D eigenvalue weighted by Gasteiger charge is -2.17. The molecule has 6 aromatic rings. The van der Waals surface area contributed by atoms with Gasteiger partial charge in [0, 0.05) is 59.2 Å². The van der Waals surface area contributed by atoms with E-state index >= 15 is 8.78 Å². The van der Waals surface area contributed by atoms with Crippen molar-refractivity contribution in [3.05, 3.63) is 113 Å². The number of nitrogens with one attached hydrogen (secondary N) is 2. The Labute approximate surface area is 249 Å². The quantitative estimate of drug-likeness (QED) is 0.237. The summed E-state index contributed by atoms with van der Waals surface area (Å²) in [6.07, 6.45) is 4.90. The molecular weight excluding hydrogens is 593 g/mol. The van der Waals surface area contributed by atoms with Gasteiger partial charge in [-0.3, -0.25) is 0 Å². The van der Waals surface area contributed by atoms with E-state index in [2.05, 4.69) is 25.3 Å². The molecule has 3 aromatic heterocycles. The van der Waals surface area contributed by atoms with E-state index < -0.39 is 33.2 Å². The molecular formula is C31H25F3N6O3S. The lowest BCUT2D eigenvalue weighted by atomic mass is 9.93. The molecule has 0 aliphatic carbocycles. The first-order chi connectivity index (χ1) is 21.2. The Morgan fingerprint density at radius 1 is 0.977 bits per heavy atom. The molecule has 1 atom stereocenters. The number of ether oxygens (including phenoxy) is 1. The standard InChI is InChI=1S/C31H25F3N6O3S/c32-25-4-2-1-3-20(25)22-9-12-44(41,42)11-8-18-16-40(39-38-18)17-24-21-7-10-35-28(21)14-27(34)30(24)43-19-5-6-26(33)23(13-19)31-36-15-29(22)37-31/h1-7,10,13-16,22,35H,8-9,11-12,17H2,(H,36,37). The minimum Gasteiger partial charge on any atom is -0.454 e. The molecule has 0 spiro atoms. The summed E-state index contributed by atoms with van der Waals surface area (Å²) in [5, 5.41) is 8.96. The minimum absolute atomic E-state index is 0.0390. The number of fused-ring (bicyclic) bond motifs is 10. The summed E-state index contributed by atoms with van der Waals surface area (Å²) >= 11 is 0. The Hall–Kier alpha value is -4.91. The average molecular weight is 619 g/mol. The second-order valence-corrected chi connectivity index (χ2v) is 13.0. The number of nitrogens with zero attached hydrogens (tertiary/aromatic N) is 4. The molecule has 9 nitrogen and oxygen atoms in total. The van der Waals surface area contributed by atoms with Gasteiger partial charge in [0.15, 0.2) is 21.4 Å². The summed E-state index contributed by atoms with van der Waals surface area (Å²) in [6, 6.07) is 13.2. The fourth-order valence-corrected chi connectivity index (χ4v) is 6.91. The summed E-state index contributed by atoms with van der Waals surface area (Å²) in [6.45, 7) is 0.0705. The molecule has 0 fully saturated rings. The number of rotatable bonds is 1. The Bertz CT molecular complexity index is 2120. The number of imidazole rings is 1. The van der Waals surface area contributed by atoms with Gasteiger partial charge < -0.3 is 14.7 Å². The van der Waals surface area contributed by atoms with Crippen molar-refractivity contribution in [2.24, 2.45) is 0 Å².